The second-order valence-electron chi connectivity index (χ2n) is 6.60. The molecule has 3 heteroatoms. The third-order valence-corrected chi connectivity index (χ3v) is 4.90. The van der Waals surface area contributed by atoms with Gasteiger partial charge in [0.2, 0.25) is 0 Å². The van der Waals surface area contributed by atoms with Crippen molar-refractivity contribution >= 4 is 5.97 Å². The van der Waals surface area contributed by atoms with E-state index in [9.17, 15) is 4.79 Å². The van der Waals surface area contributed by atoms with E-state index in [1.54, 1.807) is 0 Å². The van der Waals surface area contributed by atoms with Crippen LogP contribution in [0.1, 0.15) is 23.6 Å². The average molecular weight is 372 g/mol. The van der Waals surface area contributed by atoms with Gasteiger partial charge in [0.25, 0.3) is 0 Å². The van der Waals surface area contributed by atoms with E-state index < -0.39 is 5.97 Å². The highest BCUT2D eigenvalue weighted by atomic mass is 16.6. The van der Waals surface area contributed by atoms with Crippen LogP contribution in [-0.4, -0.2) is 19.2 Å². The molecule has 0 heterocycles. The molecule has 0 saturated heterocycles. The molecule has 0 fully saturated rings. The van der Waals surface area contributed by atoms with E-state index in [0.717, 1.165) is 11.8 Å². The molecule has 3 aromatic carbocycles. The van der Waals surface area contributed by atoms with Crippen LogP contribution >= 0.6 is 0 Å². The summed E-state index contributed by atoms with van der Waals surface area (Å²) in [4.78, 5) is 11.1. The average Bonchev–Trinajstić information content (AvgIpc) is 2.77. The van der Waals surface area contributed by atoms with Gasteiger partial charge in [-0.05, 0) is 35.7 Å². The van der Waals surface area contributed by atoms with Crippen LogP contribution in [0.5, 0.6) is 5.75 Å². The quantitative estimate of drug-likeness (QED) is 0.237. The van der Waals surface area contributed by atoms with Gasteiger partial charge in [-0.15, -0.1) is 0 Å². The Morgan fingerprint density at radius 2 is 1.32 bits per heavy atom. The molecular formula is C25H24O3. The fourth-order valence-electron chi connectivity index (χ4n) is 3.29. The minimum atomic E-state index is -0.444. The maximum absolute atomic E-state index is 11.1. The molecule has 0 atom stereocenters. The maximum Gasteiger partial charge on any atom is 0.330 e. The van der Waals surface area contributed by atoms with Gasteiger partial charge in [0.05, 0.1) is 0 Å². The monoisotopic (exact) mass is 372 g/mol. The zero-order valence-electron chi connectivity index (χ0n) is 16.0. The lowest BCUT2D eigenvalue weighted by Crippen LogP contribution is -2.25. The highest BCUT2D eigenvalue weighted by molar-refractivity contribution is 5.81. The van der Waals surface area contributed by atoms with Gasteiger partial charge in [-0.25, -0.2) is 4.79 Å². The van der Waals surface area contributed by atoms with Crippen LogP contribution in [0.15, 0.2) is 97.6 Å². The topological polar surface area (TPSA) is 35.5 Å². The fourth-order valence-corrected chi connectivity index (χ4v) is 3.29. The smallest absolute Gasteiger partial charge is 0.330 e. The highest BCUT2D eigenvalue weighted by Crippen LogP contribution is 2.39. The molecule has 0 unspecified atom stereocenters. The summed E-state index contributed by atoms with van der Waals surface area (Å²) >= 11 is 0. The molecule has 0 radical (unpaired) electrons. The standard InChI is InChI=1S/C25H24O3/c1-3-24(26)28-19-18-27-23-16-14-22(15-17-23)25(2,20-10-6-4-7-11-20)21-12-8-5-9-13-21/h3-17H,1,18-19H2,2H3. The summed E-state index contributed by atoms with van der Waals surface area (Å²) in [5.41, 5.74) is 3.35. The van der Waals surface area contributed by atoms with Gasteiger partial charge >= 0.3 is 5.97 Å². The second kappa shape index (κ2) is 9.05. The van der Waals surface area contributed by atoms with Crippen LogP contribution in [0.25, 0.3) is 0 Å². The van der Waals surface area contributed by atoms with Gasteiger partial charge in [-0.1, -0.05) is 79.4 Å². The molecule has 3 aromatic rings. The Labute approximate surface area is 166 Å². The lowest BCUT2D eigenvalue weighted by molar-refractivity contribution is -0.138. The van der Waals surface area contributed by atoms with E-state index in [2.05, 4.69) is 74.2 Å². The Morgan fingerprint density at radius 1 is 0.821 bits per heavy atom. The summed E-state index contributed by atoms with van der Waals surface area (Å²) in [7, 11) is 0. The highest BCUT2D eigenvalue weighted by Gasteiger charge is 2.30. The molecule has 0 aliphatic heterocycles. The van der Waals surface area contributed by atoms with E-state index in [4.69, 9.17) is 9.47 Å². The van der Waals surface area contributed by atoms with Gasteiger partial charge in [0.15, 0.2) is 0 Å². The SMILES string of the molecule is C=CC(=O)OCCOc1ccc(C(C)(c2ccccc2)c2ccccc2)cc1. The Bertz CT molecular complexity index is 860. The minimum Gasteiger partial charge on any atom is -0.490 e. The van der Waals surface area contributed by atoms with E-state index in [1.807, 2.05) is 24.3 Å². The van der Waals surface area contributed by atoms with E-state index in [-0.39, 0.29) is 12.0 Å². The van der Waals surface area contributed by atoms with Crippen molar-refractivity contribution in [2.45, 2.75) is 12.3 Å². The van der Waals surface area contributed by atoms with Crippen LogP contribution in [0.3, 0.4) is 0 Å². The van der Waals surface area contributed by atoms with E-state index >= 15 is 0 Å². The normalized spacial score (nSPS) is 10.9. The van der Waals surface area contributed by atoms with Gasteiger partial charge in [-0.2, -0.15) is 0 Å². The Kier molecular flexibility index (Phi) is 6.28. The van der Waals surface area contributed by atoms with Crippen molar-refractivity contribution in [1.82, 2.24) is 0 Å². The first kappa shape index (κ1) is 19.4. The van der Waals surface area contributed by atoms with E-state index in [1.165, 1.54) is 16.7 Å². The molecule has 3 rings (SSSR count). The number of ether oxygens (including phenoxy) is 2. The molecule has 3 nitrogen and oxygen atoms in total. The summed E-state index contributed by atoms with van der Waals surface area (Å²) < 4.78 is 10.6. The summed E-state index contributed by atoms with van der Waals surface area (Å²) in [5.74, 6) is 0.294. The van der Waals surface area contributed by atoms with Crippen molar-refractivity contribution < 1.29 is 14.3 Å². The van der Waals surface area contributed by atoms with Gasteiger partial charge < -0.3 is 9.47 Å². The van der Waals surface area contributed by atoms with Crippen LogP contribution < -0.4 is 4.74 Å². The minimum absolute atomic E-state index is 0.193. The molecule has 0 bridgehead atoms. The first-order chi connectivity index (χ1) is 13.6. The predicted octanol–water partition coefficient (Wildman–Crippen LogP) is 5.15. The number of carbonyl (C=O) groups excluding carboxylic acids is 1. The summed E-state index contributed by atoms with van der Waals surface area (Å²) in [6.07, 6.45) is 1.14. The van der Waals surface area contributed by atoms with Crippen LogP contribution in [0.4, 0.5) is 0 Å². The maximum atomic E-state index is 11.1. The van der Waals surface area contributed by atoms with Crippen molar-refractivity contribution in [3.8, 4) is 5.75 Å². The van der Waals surface area contributed by atoms with Crippen molar-refractivity contribution in [3.63, 3.8) is 0 Å². The Balaban J connectivity index is 1.82. The lowest BCUT2D eigenvalue weighted by atomic mass is 9.71. The third-order valence-electron chi connectivity index (χ3n) is 4.90. The number of carbonyl (C=O) groups is 1. The molecule has 0 aliphatic rings. The largest absolute Gasteiger partial charge is 0.490 e. The van der Waals surface area contributed by atoms with Crippen molar-refractivity contribution in [2.24, 2.45) is 0 Å². The zero-order valence-corrected chi connectivity index (χ0v) is 16.0. The molecule has 0 aliphatic carbocycles. The molecule has 0 amide bonds. The third kappa shape index (κ3) is 4.32. The molecular weight excluding hydrogens is 348 g/mol. The Hall–Kier alpha value is -3.33. The predicted molar refractivity (Wildman–Crippen MR) is 112 cm³/mol. The molecule has 0 aromatic heterocycles. The molecule has 0 N–H and O–H groups in total. The number of hydrogen-bond acceptors (Lipinski definition) is 3. The first-order valence-corrected chi connectivity index (χ1v) is 9.28. The van der Waals surface area contributed by atoms with Gasteiger partial charge in [0, 0.05) is 11.5 Å². The number of benzene rings is 3. The molecule has 28 heavy (non-hydrogen) atoms. The molecule has 0 saturated carbocycles. The van der Waals surface area contributed by atoms with Gasteiger partial charge in [0.1, 0.15) is 19.0 Å². The van der Waals surface area contributed by atoms with Crippen LogP contribution in [0, 0.1) is 0 Å². The van der Waals surface area contributed by atoms with Crippen molar-refractivity contribution in [2.75, 3.05) is 13.2 Å². The van der Waals surface area contributed by atoms with Crippen molar-refractivity contribution in [1.29, 1.82) is 0 Å². The van der Waals surface area contributed by atoms with Gasteiger partial charge in [-0.3, -0.25) is 0 Å². The molecule has 0 spiro atoms. The summed E-state index contributed by atoms with van der Waals surface area (Å²) in [5, 5.41) is 0. The number of rotatable bonds is 8. The summed E-state index contributed by atoms with van der Waals surface area (Å²) in [6.45, 7) is 6.10. The van der Waals surface area contributed by atoms with Crippen molar-refractivity contribution in [3.05, 3.63) is 114 Å². The fraction of sp³-hybridized carbons (Fsp3) is 0.160. The molecule has 142 valence electrons. The zero-order chi connectivity index (χ0) is 19.8. The first-order valence-electron chi connectivity index (χ1n) is 9.28. The number of hydrogen-bond donors (Lipinski definition) is 0. The lowest BCUT2D eigenvalue weighted by Gasteiger charge is -2.32. The summed E-state index contributed by atoms with van der Waals surface area (Å²) in [6, 6.07) is 29.1. The number of esters is 1. The second-order valence-corrected chi connectivity index (χ2v) is 6.60. The van der Waals surface area contributed by atoms with Crippen LogP contribution in [0.2, 0.25) is 0 Å². The Morgan fingerprint density at radius 3 is 1.82 bits per heavy atom. The van der Waals surface area contributed by atoms with E-state index in [0.29, 0.717) is 6.61 Å². The van der Waals surface area contributed by atoms with Crippen LogP contribution in [-0.2, 0) is 14.9 Å².